The fourth-order valence-electron chi connectivity index (χ4n) is 2.84. The molecule has 0 saturated heterocycles. The van der Waals surface area contributed by atoms with Gasteiger partial charge < -0.3 is 10.4 Å². The quantitative estimate of drug-likeness (QED) is 0.825. The van der Waals surface area contributed by atoms with Crippen molar-refractivity contribution in [1.29, 1.82) is 0 Å². The molecule has 2 rings (SSSR count). The molecule has 0 spiro atoms. The van der Waals surface area contributed by atoms with E-state index in [0.29, 0.717) is 29.4 Å². The first-order chi connectivity index (χ1) is 9.97. The standard InChI is InChI=1S/C15H19Cl2NO2S/c1-2-18-15(14(19)20)7-3-4-11(9-15)21-10-5-6-12(16)13(17)8-10/h5-6,8,11,18H,2-4,7,9H2,1H3,(H,19,20). The van der Waals surface area contributed by atoms with Gasteiger partial charge in [0.25, 0.3) is 0 Å². The van der Waals surface area contributed by atoms with E-state index >= 15 is 0 Å². The number of carbonyl (C=O) groups is 1. The molecule has 1 aromatic rings. The lowest BCUT2D eigenvalue weighted by Gasteiger charge is -2.38. The van der Waals surface area contributed by atoms with Crippen molar-refractivity contribution in [2.75, 3.05) is 6.54 Å². The van der Waals surface area contributed by atoms with Crippen molar-refractivity contribution in [1.82, 2.24) is 5.32 Å². The third-order valence-electron chi connectivity index (χ3n) is 3.82. The topological polar surface area (TPSA) is 49.3 Å². The number of thioether (sulfide) groups is 1. The summed E-state index contributed by atoms with van der Waals surface area (Å²) in [6.07, 6.45) is 3.25. The van der Waals surface area contributed by atoms with Crippen LogP contribution in [0.5, 0.6) is 0 Å². The van der Waals surface area contributed by atoms with Crippen LogP contribution in [0.1, 0.15) is 32.6 Å². The van der Waals surface area contributed by atoms with Crippen molar-refractivity contribution >= 4 is 40.9 Å². The number of carboxylic acid groups (broad SMARTS) is 1. The predicted octanol–water partition coefficient (Wildman–Crippen LogP) is 4.46. The molecule has 6 heteroatoms. The maximum atomic E-state index is 11.7. The highest BCUT2D eigenvalue weighted by Crippen LogP contribution is 2.39. The molecule has 0 radical (unpaired) electrons. The van der Waals surface area contributed by atoms with Crippen molar-refractivity contribution in [3.05, 3.63) is 28.2 Å². The van der Waals surface area contributed by atoms with Crippen LogP contribution in [-0.4, -0.2) is 28.4 Å². The number of hydrogen-bond donors (Lipinski definition) is 2. The Bertz CT molecular complexity index is 522. The molecular weight excluding hydrogens is 329 g/mol. The van der Waals surface area contributed by atoms with Gasteiger partial charge in [0.15, 0.2) is 0 Å². The highest BCUT2D eigenvalue weighted by atomic mass is 35.5. The van der Waals surface area contributed by atoms with Crippen molar-refractivity contribution in [3.63, 3.8) is 0 Å². The Morgan fingerprint density at radius 2 is 2.24 bits per heavy atom. The number of benzene rings is 1. The van der Waals surface area contributed by atoms with Crippen LogP contribution in [0.15, 0.2) is 23.1 Å². The van der Waals surface area contributed by atoms with Crippen LogP contribution in [0, 0.1) is 0 Å². The maximum Gasteiger partial charge on any atom is 0.323 e. The monoisotopic (exact) mass is 347 g/mol. The van der Waals surface area contributed by atoms with Gasteiger partial charge in [-0.05, 0) is 50.4 Å². The molecule has 0 amide bonds. The number of likely N-dealkylation sites (N-methyl/N-ethyl adjacent to an activating group) is 1. The second-order valence-corrected chi connectivity index (χ2v) is 7.52. The van der Waals surface area contributed by atoms with Gasteiger partial charge in [-0.2, -0.15) is 0 Å². The average Bonchev–Trinajstić information content (AvgIpc) is 2.43. The number of hydrogen-bond acceptors (Lipinski definition) is 3. The average molecular weight is 348 g/mol. The molecule has 3 nitrogen and oxygen atoms in total. The minimum absolute atomic E-state index is 0.270. The molecule has 1 aliphatic carbocycles. The zero-order chi connectivity index (χ0) is 15.5. The van der Waals surface area contributed by atoms with E-state index in [9.17, 15) is 9.90 Å². The first kappa shape index (κ1) is 16.9. The van der Waals surface area contributed by atoms with Gasteiger partial charge in [0.1, 0.15) is 5.54 Å². The zero-order valence-electron chi connectivity index (χ0n) is 11.9. The third-order valence-corrected chi connectivity index (χ3v) is 5.82. The van der Waals surface area contributed by atoms with Crippen LogP contribution in [0.2, 0.25) is 10.0 Å². The fourth-order valence-corrected chi connectivity index (χ4v) is 4.57. The van der Waals surface area contributed by atoms with Crippen LogP contribution in [0.3, 0.4) is 0 Å². The van der Waals surface area contributed by atoms with Gasteiger partial charge in [-0.15, -0.1) is 11.8 Å². The van der Waals surface area contributed by atoms with Crippen molar-refractivity contribution in [2.45, 2.75) is 48.3 Å². The SMILES string of the molecule is CCNC1(C(=O)O)CCCC(Sc2ccc(Cl)c(Cl)c2)C1. The number of carboxylic acids is 1. The Balaban J connectivity index is 2.09. The molecular formula is C15H19Cl2NO2S. The second-order valence-electron chi connectivity index (χ2n) is 5.33. The normalized spacial score (nSPS) is 25.8. The lowest BCUT2D eigenvalue weighted by Crippen LogP contribution is -2.55. The van der Waals surface area contributed by atoms with Crippen molar-refractivity contribution in [2.24, 2.45) is 0 Å². The van der Waals surface area contributed by atoms with E-state index in [-0.39, 0.29) is 5.25 Å². The molecule has 2 atom stereocenters. The summed E-state index contributed by atoms with van der Waals surface area (Å²) in [6, 6.07) is 5.56. The molecule has 2 N–H and O–H groups in total. The molecule has 0 aliphatic heterocycles. The van der Waals surface area contributed by atoms with Gasteiger partial charge in [-0.3, -0.25) is 4.79 Å². The van der Waals surface area contributed by atoms with E-state index < -0.39 is 11.5 Å². The largest absolute Gasteiger partial charge is 0.480 e. The Morgan fingerprint density at radius 3 is 2.86 bits per heavy atom. The van der Waals surface area contributed by atoms with Gasteiger partial charge in [-0.25, -0.2) is 0 Å². The summed E-state index contributed by atoms with van der Waals surface area (Å²) in [6.45, 7) is 2.61. The minimum atomic E-state index is -0.791. The van der Waals surface area contributed by atoms with Crippen LogP contribution >= 0.6 is 35.0 Å². The van der Waals surface area contributed by atoms with E-state index in [1.807, 2.05) is 19.1 Å². The molecule has 116 valence electrons. The minimum Gasteiger partial charge on any atom is -0.480 e. The molecule has 1 aliphatic rings. The Morgan fingerprint density at radius 1 is 1.48 bits per heavy atom. The first-order valence-electron chi connectivity index (χ1n) is 7.07. The second kappa shape index (κ2) is 7.23. The molecule has 0 bridgehead atoms. The first-order valence-corrected chi connectivity index (χ1v) is 8.70. The Kier molecular flexibility index (Phi) is 5.83. The summed E-state index contributed by atoms with van der Waals surface area (Å²) in [5.41, 5.74) is -0.791. The number of nitrogens with one attached hydrogen (secondary N) is 1. The summed E-state index contributed by atoms with van der Waals surface area (Å²) >= 11 is 13.6. The molecule has 2 unspecified atom stereocenters. The smallest absolute Gasteiger partial charge is 0.323 e. The van der Waals surface area contributed by atoms with Crippen LogP contribution in [0.25, 0.3) is 0 Å². The Hall–Kier alpha value is -0.420. The summed E-state index contributed by atoms with van der Waals surface area (Å²) < 4.78 is 0. The zero-order valence-corrected chi connectivity index (χ0v) is 14.2. The van der Waals surface area contributed by atoms with Gasteiger partial charge in [0, 0.05) is 10.1 Å². The number of rotatable bonds is 5. The van der Waals surface area contributed by atoms with Gasteiger partial charge >= 0.3 is 5.97 Å². The molecule has 0 aromatic heterocycles. The summed E-state index contributed by atoms with van der Waals surface area (Å²) in [5.74, 6) is -0.746. The molecule has 1 aromatic carbocycles. The lowest BCUT2D eigenvalue weighted by molar-refractivity contribution is -0.146. The fraction of sp³-hybridized carbons (Fsp3) is 0.533. The maximum absolute atomic E-state index is 11.7. The van der Waals surface area contributed by atoms with Gasteiger partial charge in [0.05, 0.1) is 10.0 Å². The highest BCUT2D eigenvalue weighted by molar-refractivity contribution is 8.00. The summed E-state index contributed by atoms with van der Waals surface area (Å²) in [5, 5.41) is 14.1. The van der Waals surface area contributed by atoms with Crippen molar-refractivity contribution < 1.29 is 9.90 Å². The number of halogens is 2. The molecule has 0 heterocycles. The van der Waals surface area contributed by atoms with Crippen molar-refractivity contribution in [3.8, 4) is 0 Å². The third kappa shape index (κ3) is 4.07. The predicted molar refractivity (Wildman–Crippen MR) is 88.6 cm³/mol. The molecule has 1 saturated carbocycles. The van der Waals surface area contributed by atoms with Gasteiger partial charge in [-0.1, -0.05) is 30.1 Å². The number of aliphatic carboxylic acids is 1. The van der Waals surface area contributed by atoms with E-state index in [1.165, 1.54) is 0 Å². The van der Waals surface area contributed by atoms with E-state index in [2.05, 4.69) is 5.32 Å². The molecule has 1 fully saturated rings. The van der Waals surface area contributed by atoms with E-state index in [0.717, 1.165) is 17.7 Å². The van der Waals surface area contributed by atoms with E-state index in [4.69, 9.17) is 23.2 Å². The van der Waals surface area contributed by atoms with Crippen LogP contribution < -0.4 is 5.32 Å². The Labute approximate surface area is 139 Å². The summed E-state index contributed by atoms with van der Waals surface area (Å²) in [4.78, 5) is 12.7. The van der Waals surface area contributed by atoms with Crippen LogP contribution in [0.4, 0.5) is 0 Å². The van der Waals surface area contributed by atoms with Crippen LogP contribution in [-0.2, 0) is 4.79 Å². The van der Waals surface area contributed by atoms with E-state index in [1.54, 1.807) is 17.8 Å². The lowest BCUT2D eigenvalue weighted by atomic mass is 9.81. The highest BCUT2D eigenvalue weighted by Gasteiger charge is 2.42. The van der Waals surface area contributed by atoms with Gasteiger partial charge in [0.2, 0.25) is 0 Å². The molecule has 21 heavy (non-hydrogen) atoms. The summed E-state index contributed by atoms with van der Waals surface area (Å²) in [7, 11) is 0.